The van der Waals surface area contributed by atoms with Crippen molar-refractivity contribution in [3.05, 3.63) is 28.2 Å². The van der Waals surface area contributed by atoms with Crippen LogP contribution in [0.5, 0.6) is 5.75 Å². The molecule has 1 aromatic rings. The van der Waals surface area contributed by atoms with Crippen LogP contribution in [0.1, 0.15) is 30.1 Å². The molecule has 0 aromatic heterocycles. The predicted molar refractivity (Wildman–Crippen MR) is 76.9 cm³/mol. The highest BCUT2D eigenvalue weighted by molar-refractivity contribution is 9.10. The van der Waals surface area contributed by atoms with Gasteiger partial charge < -0.3 is 15.2 Å². The lowest BCUT2D eigenvalue weighted by molar-refractivity contribution is -0.144. The second-order valence-electron chi connectivity index (χ2n) is 5.08. The molecule has 108 valence electrons. The van der Waals surface area contributed by atoms with Gasteiger partial charge in [0.15, 0.2) is 0 Å². The van der Waals surface area contributed by atoms with Gasteiger partial charge in [0.05, 0.1) is 12.7 Å². The van der Waals surface area contributed by atoms with E-state index in [0.29, 0.717) is 11.3 Å². The second kappa shape index (κ2) is 5.44. The summed E-state index contributed by atoms with van der Waals surface area (Å²) in [5.41, 5.74) is -0.904. The summed E-state index contributed by atoms with van der Waals surface area (Å²) < 4.78 is 5.95. The van der Waals surface area contributed by atoms with Gasteiger partial charge in [-0.1, -0.05) is 15.9 Å². The Morgan fingerprint density at radius 3 is 2.60 bits per heavy atom. The molecule has 1 aliphatic rings. The molecule has 20 heavy (non-hydrogen) atoms. The molecule has 1 aromatic carbocycles. The summed E-state index contributed by atoms with van der Waals surface area (Å²) in [6.45, 7) is 1.55. The number of ether oxygens (including phenoxy) is 1. The van der Waals surface area contributed by atoms with E-state index in [2.05, 4.69) is 21.2 Å². The molecule has 0 heterocycles. The molecule has 1 fully saturated rings. The Morgan fingerprint density at radius 2 is 2.10 bits per heavy atom. The van der Waals surface area contributed by atoms with Crippen molar-refractivity contribution < 1.29 is 19.4 Å². The molecule has 1 saturated carbocycles. The van der Waals surface area contributed by atoms with Gasteiger partial charge in [-0.2, -0.15) is 0 Å². The number of carbonyl (C=O) groups excluding carboxylic acids is 1. The minimum absolute atomic E-state index is 0.00890. The molecule has 5 nitrogen and oxygen atoms in total. The number of amides is 1. The van der Waals surface area contributed by atoms with E-state index in [4.69, 9.17) is 4.74 Å². The maximum atomic E-state index is 12.3. The van der Waals surface area contributed by atoms with Gasteiger partial charge in [-0.05, 0) is 43.9 Å². The van der Waals surface area contributed by atoms with Crippen LogP contribution in [0.2, 0.25) is 0 Å². The van der Waals surface area contributed by atoms with Gasteiger partial charge in [-0.15, -0.1) is 0 Å². The molecule has 1 atom stereocenters. The number of carboxylic acid groups (broad SMARTS) is 1. The van der Waals surface area contributed by atoms with E-state index < -0.39 is 17.4 Å². The van der Waals surface area contributed by atoms with Crippen molar-refractivity contribution in [2.75, 3.05) is 7.11 Å². The minimum atomic E-state index is -1.23. The van der Waals surface area contributed by atoms with Gasteiger partial charge in [-0.25, -0.2) is 4.79 Å². The van der Waals surface area contributed by atoms with Crippen LogP contribution in [0.15, 0.2) is 22.7 Å². The van der Waals surface area contributed by atoms with Crippen molar-refractivity contribution in [2.45, 2.75) is 25.3 Å². The number of nitrogens with one attached hydrogen (secondary N) is 1. The highest BCUT2D eigenvalue weighted by atomic mass is 79.9. The minimum Gasteiger partial charge on any atom is -0.496 e. The molecule has 0 aliphatic heterocycles. The summed E-state index contributed by atoms with van der Waals surface area (Å²) in [5, 5.41) is 12.0. The number of halogens is 1. The molecular weight excluding hydrogens is 326 g/mol. The zero-order valence-corrected chi connectivity index (χ0v) is 12.9. The first-order valence-electron chi connectivity index (χ1n) is 6.28. The average Bonchev–Trinajstić information content (AvgIpc) is 3.22. The van der Waals surface area contributed by atoms with Crippen LogP contribution in [0.25, 0.3) is 0 Å². The van der Waals surface area contributed by atoms with Crippen LogP contribution < -0.4 is 10.1 Å². The molecule has 0 saturated heterocycles. The van der Waals surface area contributed by atoms with Gasteiger partial charge >= 0.3 is 5.97 Å². The standard InChI is InChI=1S/C14H16BrNO4/c1-14(13(18)19,8-3-4-8)16-12(17)10-6-5-9(15)7-11(10)20-2/h5-8H,3-4H2,1-2H3,(H,16,17)(H,18,19). The zero-order chi connectivity index (χ0) is 14.9. The fourth-order valence-electron chi connectivity index (χ4n) is 2.15. The lowest BCUT2D eigenvalue weighted by atomic mass is 9.95. The van der Waals surface area contributed by atoms with Crippen molar-refractivity contribution in [3.63, 3.8) is 0 Å². The van der Waals surface area contributed by atoms with Gasteiger partial charge in [0.2, 0.25) is 0 Å². The molecule has 0 radical (unpaired) electrons. The van der Waals surface area contributed by atoms with E-state index in [1.165, 1.54) is 7.11 Å². The Kier molecular flexibility index (Phi) is 4.04. The third-order valence-electron chi connectivity index (χ3n) is 3.62. The number of benzene rings is 1. The fraction of sp³-hybridized carbons (Fsp3) is 0.429. The van der Waals surface area contributed by atoms with E-state index in [0.717, 1.165) is 17.3 Å². The highest BCUT2D eigenvalue weighted by Gasteiger charge is 2.48. The normalized spacial score (nSPS) is 17.1. The van der Waals surface area contributed by atoms with Crippen molar-refractivity contribution in [2.24, 2.45) is 5.92 Å². The molecule has 6 heteroatoms. The van der Waals surface area contributed by atoms with Crippen LogP contribution in [0, 0.1) is 5.92 Å². The molecule has 2 rings (SSSR count). The van der Waals surface area contributed by atoms with E-state index in [9.17, 15) is 14.7 Å². The number of hydrogen-bond acceptors (Lipinski definition) is 3. The number of rotatable bonds is 5. The Morgan fingerprint density at radius 1 is 1.45 bits per heavy atom. The number of carboxylic acids is 1. The summed E-state index contributed by atoms with van der Waals surface area (Å²) >= 11 is 3.30. The lowest BCUT2D eigenvalue weighted by Crippen LogP contribution is -2.54. The quantitative estimate of drug-likeness (QED) is 0.862. The molecule has 0 spiro atoms. The van der Waals surface area contributed by atoms with Crippen molar-refractivity contribution >= 4 is 27.8 Å². The maximum Gasteiger partial charge on any atom is 0.329 e. The maximum absolute atomic E-state index is 12.3. The number of aliphatic carboxylic acids is 1. The number of methoxy groups -OCH3 is 1. The monoisotopic (exact) mass is 341 g/mol. The third kappa shape index (κ3) is 2.80. The largest absolute Gasteiger partial charge is 0.496 e. The van der Waals surface area contributed by atoms with E-state index in [-0.39, 0.29) is 5.92 Å². The first-order chi connectivity index (χ1) is 9.38. The van der Waals surface area contributed by atoms with Crippen molar-refractivity contribution in [3.8, 4) is 5.75 Å². The average molecular weight is 342 g/mol. The SMILES string of the molecule is COc1cc(Br)ccc1C(=O)NC(C)(C(=O)O)C1CC1. The van der Waals surface area contributed by atoms with Gasteiger partial charge in [0, 0.05) is 4.47 Å². The summed E-state index contributed by atoms with van der Waals surface area (Å²) in [5.74, 6) is -1.05. The zero-order valence-electron chi connectivity index (χ0n) is 11.3. The topological polar surface area (TPSA) is 75.6 Å². The molecule has 2 N–H and O–H groups in total. The third-order valence-corrected chi connectivity index (χ3v) is 4.11. The molecule has 1 aliphatic carbocycles. The van der Waals surface area contributed by atoms with Gasteiger partial charge in [0.1, 0.15) is 11.3 Å². The molecule has 0 bridgehead atoms. The van der Waals surface area contributed by atoms with E-state index in [1.54, 1.807) is 25.1 Å². The second-order valence-corrected chi connectivity index (χ2v) is 6.00. The fourth-order valence-corrected chi connectivity index (χ4v) is 2.49. The van der Waals surface area contributed by atoms with Gasteiger partial charge in [0.25, 0.3) is 5.91 Å². The van der Waals surface area contributed by atoms with Crippen LogP contribution in [0.4, 0.5) is 0 Å². The summed E-state index contributed by atoms with van der Waals surface area (Å²) in [6.07, 6.45) is 1.64. The molecule has 1 unspecified atom stereocenters. The lowest BCUT2D eigenvalue weighted by Gasteiger charge is -2.26. The molecule has 1 amide bonds. The summed E-state index contributed by atoms with van der Waals surface area (Å²) in [6, 6.07) is 4.99. The first kappa shape index (κ1) is 14.8. The van der Waals surface area contributed by atoms with E-state index in [1.807, 2.05) is 0 Å². The Bertz CT molecular complexity index is 556. The van der Waals surface area contributed by atoms with Crippen LogP contribution in [-0.2, 0) is 4.79 Å². The number of hydrogen-bond donors (Lipinski definition) is 2. The molecular formula is C14H16BrNO4. The van der Waals surface area contributed by atoms with Crippen LogP contribution in [0.3, 0.4) is 0 Å². The van der Waals surface area contributed by atoms with Crippen molar-refractivity contribution in [1.29, 1.82) is 0 Å². The van der Waals surface area contributed by atoms with Crippen LogP contribution in [-0.4, -0.2) is 29.6 Å². The van der Waals surface area contributed by atoms with E-state index >= 15 is 0 Å². The Labute approximate surface area is 125 Å². The Balaban J connectivity index is 2.25. The Hall–Kier alpha value is -1.56. The summed E-state index contributed by atoms with van der Waals surface area (Å²) in [4.78, 5) is 23.7. The van der Waals surface area contributed by atoms with Gasteiger partial charge in [-0.3, -0.25) is 4.79 Å². The smallest absolute Gasteiger partial charge is 0.329 e. The summed E-state index contributed by atoms with van der Waals surface area (Å²) in [7, 11) is 1.47. The predicted octanol–water partition coefficient (Wildman–Crippen LogP) is 2.44. The number of carbonyl (C=O) groups is 2. The van der Waals surface area contributed by atoms with Crippen LogP contribution >= 0.6 is 15.9 Å². The van der Waals surface area contributed by atoms with Crippen molar-refractivity contribution in [1.82, 2.24) is 5.32 Å². The first-order valence-corrected chi connectivity index (χ1v) is 7.07. The highest BCUT2D eigenvalue weighted by Crippen LogP contribution is 2.40.